The molecule has 15 heavy (non-hydrogen) atoms. The van der Waals surface area contributed by atoms with Crippen molar-refractivity contribution in [2.75, 3.05) is 19.7 Å². The van der Waals surface area contributed by atoms with Gasteiger partial charge >= 0.3 is 0 Å². The number of likely N-dealkylation sites (tertiary alicyclic amines) is 1. The molecular formula is C13H27NO. The van der Waals surface area contributed by atoms with E-state index in [1.165, 1.54) is 45.2 Å². The van der Waals surface area contributed by atoms with Crippen molar-refractivity contribution in [3.8, 4) is 0 Å². The number of rotatable bonds is 7. The zero-order valence-corrected chi connectivity index (χ0v) is 10.4. The molecule has 2 nitrogen and oxygen atoms in total. The van der Waals surface area contributed by atoms with E-state index in [2.05, 4.69) is 18.7 Å². The molecule has 0 aromatic heterocycles. The normalized spacial score (nSPS) is 22.8. The predicted molar refractivity (Wildman–Crippen MR) is 65.0 cm³/mol. The maximum Gasteiger partial charge on any atom is 0.0431 e. The maximum absolute atomic E-state index is 8.87. The highest BCUT2D eigenvalue weighted by atomic mass is 16.2. The van der Waals surface area contributed by atoms with Crippen LogP contribution in [0.3, 0.4) is 0 Å². The maximum atomic E-state index is 8.87. The first kappa shape index (κ1) is 13.0. The second-order valence-electron chi connectivity index (χ2n) is 4.84. The third-order valence-corrected chi connectivity index (χ3v) is 3.84. The Hall–Kier alpha value is -0.0800. The third kappa shape index (κ3) is 4.12. The van der Waals surface area contributed by atoms with Crippen molar-refractivity contribution in [1.29, 1.82) is 0 Å². The van der Waals surface area contributed by atoms with Gasteiger partial charge < -0.3 is 10.0 Å². The van der Waals surface area contributed by atoms with Crippen LogP contribution in [0.5, 0.6) is 0 Å². The summed E-state index contributed by atoms with van der Waals surface area (Å²) in [6.07, 6.45) is 7.48. The standard InChI is InChI=1S/C13H27NO/c1-3-12(4-2)11-14-9-5-7-13(14)8-6-10-15/h12-13,15H,3-11H2,1-2H3. The zero-order valence-electron chi connectivity index (χ0n) is 10.4. The van der Waals surface area contributed by atoms with E-state index < -0.39 is 0 Å². The van der Waals surface area contributed by atoms with Crippen LogP contribution in [-0.4, -0.2) is 35.7 Å². The van der Waals surface area contributed by atoms with E-state index in [0.29, 0.717) is 6.61 Å². The fourth-order valence-electron chi connectivity index (χ4n) is 2.67. The van der Waals surface area contributed by atoms with Crippen LogP contribution >= 0.6 is 0 Å². The van der Waals surface area contributed by atoms with E-state index in [1.807, 2.05) is 0 Å². The highest BCUT2D eigenvalue weighted by Gasteiger charge is 2.25. The second-order valence-corrected chi connectivity index (χ2v) is 4.84. The topological polar surface area (TPSA) is 23.5 Å². The van der Waals surface area contributed by atoms with Gasteiger partial charge in [0.15, 0.2) is 0 Å². The minimum absolute atomic E-state index is 0.356. The fraction of sp³-hybridized carbons (Fsp3) is 1.00. The number of hydrogen-bond acceptors (Lipinski definition) is 2. The molecular weight excluding hydrogens is 186 g/mol. The first-order chi connectivity index (χ1) is 7.31. The third-order valence-electron chi connectivity index (χ3n) is 3.84. The van der Waals surface area contributed by atoms with E-state index in [4.69, 9.17) is 5.11 Å². The highest BCUT2D eigenvalue weighted by molar-refractivity contribution is 4.80. The summed E-state index contributed by atoms with van der Waals surface area (Å²) in [5.74, 6) is 0.875. The van der Waals surface area contributed by atoms with Gasteiger partial charge in [-0.3, -0.25) is 0 Å². The van der Waals surface area contributed by atoms with Gasteiger partial charge in [0.2, 0.25) is 0 Å². The van der Waals surface area contributed by atoms with Crippen LogP contribution in [0.15, 0.2) is 0 Å². The molecule has 0 spiro atoms. The van der Waals surface area contributed by atoms with Gasteiger partial charge in [-0.2, -0.15) is 0 Å². The molecule has 0 aliphatic carbocycles. The molecule has 1 unspecified atom stereocenters. The van der Waals surface area contributed by atoms with Gasteiger partial charge in [0.05, 0.1) is 0 Å². The molecule has 0 bridgehead atoms. The summed E-state index contributed by atoms with van der Waals surface area (Å²) >= 11 is 0. The Balaban J connectivity index is 2.31. The summed E-state index contributed by atoms with van der Waals surface area (Å²) in [6, 6.07) is 0.762. The van der Waals surface area contributed by atoms with Crippen molar-refractivity contribution in [2.45, 2.75) is 58.4 Å². The summed E-state index contributed by atoms with van der Waals surface area (Å²) in [5, 5.41) is 8.87. The van der Waals surface area contributed by atoms with E-state index >= 15 is 0 Å². The van der Waals surface area contributed by atoms with Crippen LogP contribution in [0.1, 0.15) is 52.4 Å². The summed E-state index contributed by atoms with van der Waals surface area (Å²) in [7, 11) is 0. The molecule has 0 radical (unpaired) electrons. The smallest absolute Gasteiger partial charge is 0.0431 e. The molecule has 1 aliphatic heterocycles. The number of aliphatic hydroxyl groups excluding tert-OH is 1. The monoisotopic (exact) mass is 213 g/mol. The fourth-order valence-corrected chi connectivity index (χ4v) is 2.67. The van der Waals surface area contributed by atoms with Crippen molar-refractivity contribution < 1.29 is 5.11 Å². The lowest BCUT2D eigenvalue weighted by atomic mass is 10.0. The Morgan fingerprint density at radius 2 is 2.07 bits per heavy atom. The van der Waals surface area contributed by atoms with Gasteiger partial charge in [0.1, 0.15) is 0 Å². The molecule has 1 N–H and O–H groups in total. The van der Waals surface area contributed by atoms with Gasteiger partial charge in [0, 0.05) is 19.2 Å². The van der Waals surface area contributed by atoms with Gasteiger partial charge in [-0.05, 0) is 38.1 Å². The van der Waals surface area contributed by atoms with Crippen LogP contribution in [0, 0.1) is 5.92 Å². The number of nitrogens with zero attached hydrogens (tertiary/aromatic N) is 1. The van der Waals surface area contributed by atoms with Gasteiger partial charge in [0.25, 0.3) is 0 Å². The van der Waals surface area contributed by atoms with Crippen LogP contribution in [-0.2, 0) is 0 Å². The summed E-state index contributed by atoms with van der Waals surface area (Å²) in [6.45, 7) is 7.52. The highest BCUT2D eigenvalue weighted by Crippen LogP contribution is 2.23. The lowest BCUT2D eigenvalue weighted by Crippen LogP contribution is -2.33. The minimum atomic E-state index is 0.356. The SMILES string of the molecule is CCC(CC)CN1CCCC1CCCO. The molecule has 1 fully saturated rings. The molecule has 0 aromatic carbocycles. The number of aliphatic hydroxyl groups is 1. The van der Waals surface area contributed by atoms with Gasteiger partial charge in [-0.1, -0.05) is 26.7 Å². The lowest BCUT2D eigenvalue weighted by molar-refractivity contribution is 0.186. The first-order valence-electron chi connectivity index (χ1n) is 6.66. The van der Waals surface area contributed by atoms with Gasteiger partial charge in [-0.25, -0.2) is 0 Å². The molecule has 1 atom stereocenters. The molecule has 0 saturated carbocycles. The van der Waals surface area contributed by atoms with Crippen molar-refractivity contribution in [3.63, 3.8) is 0 Å². The van der Waals surface area contributed by atoms with Gasteiger partial charge in [-0.15, -0.1) is 0 Å². The average molecular weight is 213 g/mol. The number of hydrogen-bond donors (Lipinski definition) is 1. The van der Waals surface area contributed by atoms with Crippen LogP contribution in [0.4, 0.5) is 0 Å². The van der Waals surface area contributed by atoms with Crippen LogP contribution in [0.25, 0.3) is 0 Å². The van der Waals surface area contributed by atoms with E-state index in [9.17, 15) is 0 Å². The van der Waals surface area contributed by atoms with Crippen LogP contribution in [0.2, 0.25) is 0 Å². The Labute approximate surface area is 94.7 Å². The van der Waals surface area contributed by atoms with Crippen LogP contribution < -0.4 is 0 Å². The quantitative estimate of drug-likeness (QED) is 0.703. The zero-order chi connectivity index (χ0) is 11.1. The largest absolute Gasteiger partial charge is 0.396 e. The molecule has 0 amide bonds. The lowest BCUT2D eigenvalue weighted by Gasteiger charge is -2.28. The average Bonchev–Trinajstić information content (AvgIpc) is 2.70. The van der Waals surface area contributed by atoms with Crippen molar-refractivity contribution in [2.24, 2.45) is 5.92 Å². The molecule has 1 saturated heterocycles. The Bertz CT molecular complexity index is 157. The van der Waals surface area contributed by atoms with Crippen molar-refractivity contribution in [1.82, 2.24) is 4.90 Å². The summed E-state index contributed by atoms with van der Waals surface area (Å²) in [4.78, 5) is 2.66. The predicted octanol–water partition coefficient (Wildman–Crippen LogP) is 2.66. The Morgan fingerprint density at radius 1 is 1.33 bits per heavy atom. The van der Waals surface area contributed by atoms with E-state index in [-0.39, 0.29) is 0 Å². The molecule has 1 aliphatic rings. The second kappa shape index (κ2) is 7.24. The van der Waals surface area contributed by atoms with E-state index in [1.54, 1.807) is 0 Å². The Morgan fingerprint density at radius 3 is 2.67 bits per heavy atom. The van der Waals surface area contributed by atoms with E-state index in [0.717, 1.165) is 18.4 Å². The molecule has 1 heterocycles. The summed E-state index contributed by atoms with van der Waals surface area (Å²) < 4.78 is 0. The molecule has 0 aromatic rings. The molecule has 90 valence electrons. The molecule has 2 heteroatoms. The molecule has 1 rings (SSSR count). The Kier molecular flexibility index (Phi) is 6.26. The van der Waals surface area contributed by atoms with Crippen molar-refractivity contribution >= 4 is 0 Å². The van der Waals surface area contributed by atoms with Crippen molar-refractivity contribution in [3.05, 3.63) is 0 Å². The first-order valence-corrected chi connectivity index (χ1v) is 6.66. The summed E-state index contributed by atoms with van der Waals surface area (Å²) in [5.41, 5.74) is 0. The minimum Gasteiger partial charge on any atom is -0.396 e.